The highest BCUT2D eigenvalue weighted by Crippen LogP contribution is 2.20. The molecule has 0 saturated carbocycles. The highest BCUT2D eigenvalue weighted by Gasteiger charge is 2.30. The Hall–Kier alpha value is -1.69. The number of unbranched alkanes of at least 4 members (excludes halogenated alkanes) is 1. The number of ether oxygens (including phenoxy) is 2. The normalized spacial score (nSPS) is 13.0. The van der Waals surface area contributed by atoms with Gasteiger partial charge in [-0.25, -0.2) is 18.4 Å². The van der Waals surface area contributed by atoms with Gasteiger partial charge in [-0.2, -0.15) is 13.1 Å². The van der Waals surface area contributed by atoms with Crippen LogP contribution in [0.2, 0.25) is 0 Å². The summed E-state index contributed by atoms with van der Waals surface area (Å²) >= 11 is 0. The summed E-state index contributed by atoms with van der Waals surface area (Å²) in [4.78, 5) is 22.7. The van der Waals surface area contributed by atoms with Crippen LogP contribution in [0.5, 0.6) is 0 Å². The van der Waals surface area contributed by atoms with Crippen molar-refractivity contribution in [3.63, 3.8) is 0 Å². The van der Waals surface area contributed by atoms with E-state index in [9.17, 15) is 26.8 Å². The Balaban J connectivity index is 4.13. The second-order valence-electron chi connectivity index (χ2n) is 8.05. The van der Waals surface area contributed by atoms with E-state index in [0.29, 0.717) is 0 Å². The summed E-state index contributed by atoms with van der Waals surface area (Å²) in [7, 11) is -4.39. The van der Waals surface area contributed by atoms with Crippen LogP contribution in [0.1, 0.15) is 60.8 Å². The first-order valence-electron chi connectivity index (χ1n) is 8.66. The van der Waals surface area contributed by atoms with Crippen LogP contribution in [0, 0.1) is 0 Å². The summed E-state index contributed by atoms with van der Waals surface area (Å²) in [5, 5.41) is 1.99. The zero-order chi connectivity index (χ0) is 22.2. The molecule has 0 saturated heterocycles. The van der Waals surface area contributed by atoms with Crippen molar-refractivity contribution in [1.29, 1.82) is 0 Å². The van der Waals surface area contributed by atoms with Gasteiger partial charge in [0.15, 0.2) is 0 Å². The molecule has 0 heterocycles. The molecule has 0 aliphatic carbocycles. The van der Waals surface area contributed by atoms with Gasteiger partial charge in [-0.1, -0.05) is 0 Å². The number of nitrogens with one attached hydrogen (secondary N) is 2. The molecular formula is C16H30F2N2O7S. The lowest BCUT2D eigenvalue weighted by molar-refractivity contribution is -0.0141. The van der Waals surface area contributed by atoms with Crippen molar-refractivity contribution in [2.24, 2.45) is 0 Å². The van der Waals surface area contributed by atoms with Crippen LogP contribution in [0.15, 0.2) is 0 Å². The van der Waals surface area contributed by atoms with Crippen molar-refractivity contribution in [2.75, 3.05) is 13.2 Å². The molecule has 0 aromatic carbocycles. The Morgan fingerprint density at radius 2 is 1.39 bits per heavy atom. The SMILES string of the molecule is CC(C)(C)OC(=O)NCC(F)(F)CCCCOS(=O)(=O)NC(=O)OC(C)(C)C. The molecule has 0 rings (SSSR count). The van der Waals surface area contributed by atoms with Gasteiger partial charge in [0.25, 0.3) is 5.92 Å². The van der Waals surface area contributed by atoms with Crippen LogP contribution >= 0.6 is 0 Å². The Bertz CT molecular complexity index is 626. The highest BCUT2D eigenvalue weighted by atomic mass is 32.2. The van der Waals surface area contributed by atoms with E-state index in [0.717, 1.165) is 0 Å². The minimum atomic E-state index is -4.39. The standard InChI is InChI=1S/C16H30F2N2O7S/c1-14(2,3)26-12(21)19-11-16(17,18)9-7-8-10-25-28(23,24)20-13(22)27-15(4,5)6/h7-11H2,1-6H3,(H,19,21)(H,20,22). The van der Waals surface area contributed by atoms with Gasteiger partial charge in [0.05, 0.1) is 13.2 Å². The van der Waals surface area contributed by atoms with Gasteiger partial charge < -0.3 is 14.8 Å². The van der Waals surface area contributed by atoms with Gasteiger partial charge in [-0.3, -0.25) is 4.18 Å². The van der Waals surface area contributed by atoms with E-state index in [-0.39, 0.29) is 12.8 Å². The quantitative estimate of drug-likeness (QED) is 0.537. The number of halogens is 2. The Morgan fingerprint density at radius 3 is 1.89 bits per heavy atom. The fourth-order valence-electron chi connectivity index (χ4n) is 1.69. The van der Waals surface area contributed by atoms with Crippen molar-refractivity contribution >= 4 is 22.5 Å². The lowest BCUT2D eigenvalue weighted by Gasteiger charge is -2.22. The Labute approximate surface area is 164 Å². The second kappa shape index (κ2) is 10.2. The summed E-state index contributed by atoms with van der Waals surface area (Å²) in [6.45, 7) is 8.19. The monoisotopic (exact) mass is 432 g/mol. The van der Waals surface area contributed by atoms with Gasteiger partial charge in [0, 0.05) is 6.42 Å². The van der Waals surface area contributed by atoms with Crippen LogP contribution in [0.3, 0.4) is 0 Å². The van der Waals surface area contributed by atoms with Crippen LogP contribution in [0.25, 0.3) is 0 Å². The summed E-state index contributed by atoms with van der Waals surface area (Å²) in [6.07, 6.45) is -2.81. The minimum Gasteiger partial charge on any atom is -0.444 e. The number of amides is 2. The molecule has 0 radical (unpaired) electrons. The molecule has 0 fully saturated rings. The zero-order valence-electron chi connectivity index (χ0n) is 17.1. The molecule has 166 valence electrons. The molecule has 0 aromatic heterocycles. The molecule has 2 amide bonds. The van der Waals surface area contributed by atoms with Crippen LogP contribution in [0.4, 0.5) is 18.4 Å². The molecule has 0 aliphatic rings. The number of alkyl halides is 2. The van der Waals surface area contributed by atoms with Crippen molar-refractivity contribution in [1.82, 2.24) is 10.0 Å². The van der Waals surface area contributed by atoms with Gasteiger partial charge >= 0.3 is 22.5 Å². The van der Waals surface area contributed by atoms with Crippen molar-refractivity contribution < 1.29 is 40.4 Å². The number of rotatable bonds is 9. The maximum Gasteiger partial charge on any atom is 0.423 e. The number of hydrogen-bond acceptors (Lipinski definition) is 7. The van der Waals surface area contributed by atoms with Crippen LogP contribution in [-0.2, 0) is 24.0 Å². The van der Waals surface area contributed by atoms with Crippen LogP contribution < -0.4 is 10.0 Å². The highest BCUT2D eigenvalue weighted by molar-refractivity contribution is 7.85. The Morgan fingerprint density at radius 1 is 0.893 bits per heavy atom. The van der Waals surface area contributed by atoms with E-state index in [1.807, 2.05) is 5.32 Å². The van der Waals surface area contributed by atoms with E-state index < -0.39 is 59.2 Å². The molecule has 0 aromatic rings. The van der Waals surface area contributed by atoms with E-state index in [4.69, 9.17) is 9.47 Å². The van der Waals surface area contributed by atoms with Crippen molar-refractivity contribution in [3.05, 3.63) is 0 Å². The number of hydrogen-bond donors (Lipinski definition) is 2. The van der Waals surface area contributed by atoms with E-state index in [2.05, 4.69) is 4.18 Å². The predicted molar refractivity (Wildman–Crippen MR) is 97.3 cm³/mol. The molecule has 9 nitrogen and oxygen atoms in total. The number of carbonyl (C=O) groups is 2. The molecule has 0 atom stereocenters. The Kier molecular flexibility index (Phi) is 9.58. The first kappa shape index (κ1) is 26.3. The third-order valence-electron chi connectivity index (χ3n) is 2.67. The maximum absolute atomic E-state index is 13.7. The average Bonchev–Trinajstić information content (AvgIpc) is 2.40. The lowest BCUT2D eigenvalue weighted by Crippen LogP contribution is -2.39. The molecule has 12 heteroatoms. The number of carbonyl (C=O) groups excluding carboxylic acids is 2. The molecular weight excluding hydrogens is 402 g/mol. The molecule has 0 aliphatic heterocycles. The molecule has 0 unspecified atom stereocenters. The van der Waals surface area contributed by atoms with Gasteiger partial charge in [-0.15, -0.1) is 0 Å². The van der Waals surface area contributed by atoms with Gasteiger partial charge in [-0.05, 0) is 54.4 Å². The van der Waals surface area contributed by atoms with Crippen LogP contribution in [-0.4, -0.2) is 50.9 Å². The summed E-state index contributed by atoms with van der Waals surface area (Å²) < 4.78 is 66.2. The van der Waals surface area contributed by atoms with Crippen molar-refractivity contribution in [2.45, 2.75) is 77.9 Å². The van der Waals surface area contributed by atoms with Gasteiger partial charge in [0.1, 0.15) is 11.2 Å². The van der Waals surface area contributed by atoms with E-state index >= 15 is 0 Å². The number of alkyl carbamates (subject to hydrolysis) is 1. The summed E-state index contributed by atoms with van der Waals surface area (Å²) in [5.41, 5.74) is -1.69. The summed E-state index contributed by atoms with van der Waals surface area (Å²) in [5.74, 6) is -3.19. The lowest BCUT2D eigenvalue weighted by atomic mass is 10.1. The fraction of sp³-hybridized carbons (Fsp3) is 0.875. The summed E-state index contributed by atoms with van der Waals surface area (Å²) in [6, 6.07) is 0. The smallest absolute Gasteiger partial charge is 0.423 e. The minimum absolute atomic E-state index is 0.00272. The van der Waals surface area contributed by atoms with E-state index in [1.54, 1.807) is 46.3 Å². The van der Waals surface area contributed by atoms with Crippen molar-refractivity contribution in [3.8, 4) is 0 Å². The third kappa shape index (κ3) is 15.4. The van der Waals surface area contributed by atoms with E-state index in [1.165, 1.54) is 0 Å². The third-order valence-corrected chi connectivity index (χ3v) is 3.57. The zero-order valence-corrected chi connectivity index (χ0v) is 17.9. The maximum atomic E-state index is 13.7. The fourth-order valence-corrected chi connectivity index (χ4v) is 2.33. The average molecular weight is 432 g/mol. The molecule has 0 bridgehead atoms. The molecule has 28 heavy (non-hydrogen) atoms. The second-order valence-corrected chi connectivity index (χ2v) is 9.40. The predicted octanol–water partition coefficient (Wildman–Crippen LogP) is 3.10. The first-order valence-corrected chi connectivity index (χ1v) is 10.1. The first-order chi connectivity index (χ1) is 12.4. The molecule has 0 spiro atoms. The topological polar surface area (TPSA) is 120 Å². The van der Waals surface area contributed by atoms with Gasteiger partial charge in [0.2, 0.25) is 0 Å². The molecule has 2 N–H and O–H groups in total. The largest absolute Gasteiger partial charge is 0.444 e.